The fourth-order valence-corrected chi connectivity index (χ4v) is 4.26. The average molecular weight is 479 g/mol. The first-order valence-corrected chi connectivity index (χ1v) is 11.6. The lowest BCUT2D eigenvalue weighted by Crippen LogP contribution is -2.16. The van der Waals surface area contributed by atoms with Gasteiger partial charge in [0.1, 0.15) is 18.7 Å². The number of carbonyl (C=O) groups excluding carboxylic acids is 1. The maximum absolute atomic E-state index is 14.3. The van der Waals surface area contributed by atoms with E-state index in [0.29, 0.717) is 47.5 Å². The van der Waals surface area contributed by atoms with E-state index in [1.165, 1.54) is 6.07 Å². The van der Waals surface area contributed by atoms with Crippen molar-refractivity contribution in [3.63, 3.8) is 0 Å². The molecule has 8 heteroatoms. The largest absolute Gasteiger partial charge is 0.416 e. The highest BCUT2D eigenvalue weighted by Crippen LogP contribution is 2.41. The molecule has 1 aliphatic carbocycles. The number of nitrogens with zero attached hydrogens (tertiary/aromatic N) is 1. The predicted octanol–water partition coefficient (Wildman–Crippen LogP) is 6.51. The summed E-state index contributed by atoms with van der Waals surface area (Å²) in [6.07, 6.45) is 1.28. The molecule has 184 valence electrons. The van der Waals surface area contributed by atoms with E-state index in [1.807, 2.05) is 0 Å². The van der Waals surface area contributed by atoms with Gasteiger partial charge in [-0.2, -0.15) is 13.2 Å². The van der Waals surface area contributed by atoms with Crippen molar-refractivity contribution in [1.82, 2.24) is 5.32 Å². The molecule has 0 amide bonds. The Bertz CT molecular complexity index is 999. The van der Waals surface area contributed by atoms with Gasteiger partial charge in [0.2, 0.25) is 0 Å². The van der Waals surface area contributed by atoms with Crippen LogP contribution in [-0.2, 0) is 29.0 Å². The number of nitrogens with one attached hydrogen (secondary N) is 1. The maximum Gasteiger partial charge on any atom is 0.416 e. The lowest BCUT2D eigenvalue weighted by atomic mass is 9.81. The van der Waals surface area contributed by atoms with Gasteiger partial charge in [-0.15, -0.1) is 0 Å². The van der Waals surface area contributed by atoms with Gasteiger partial charge in [-0.1, -0.05) is 48.7 Å². The van der Waals surface area contributed by atoms with Gasteiger partial charge in [-0.25, -0.2) is 4.39 Å². The first-order valence-electron chi connectivity index (χ1n) is 11.6. The number of oxime groups is 1. The first-order chi connectivity index (χ1) is 16.3. The monoisotopic (exact) mass is 478 g/mol. The van der Waals surface area contributed by atoms with Gasteiger partial charge < -0.3 is 14.9 Å². The summed E-state index contributed by atoms with van der Waals surface area (Å²) in [6.45, 7) is 2.29. The van der Waals surface area contributed by atoms with Crippen molar-refractivity contribution < 1.29 is 27.2 Å². The molecule has 1 N–H and O–H groups in total. The zero-order valence-corrected chi connectivity index (χ0v) is 19.3. The van der Waals surface area contributed by atoms with Gasteiger partial charge in [0.05, 0.1) is 11.3 Å². The van der Waals surface area contributed by atoms with Crippen molar-refractivity contribution >= 4 is 12.0 Å². The summed E-state index contributed by atoms with van der Waals surface area (Å²) in [6, 6.07) is 9.04. The Morgan fingerprint density at radius 3 is 2.59 bits per heavy atom. The van der Waals surface area contributed by atoms with Gasteiger partial charge in [0.15, 0.2) is 0 Å². The zero-order chi connectivity index (χ0) is 24.6. The van der Waals surface area contributed by atoms with Crippen LogP contribution in [0, 0.1) is 5.82 Å². The molecule has 0 aliphatic heterocycles. The fourth-order valence-electron chi connectivity index (χ4n) is 4.26. The standard InChI is InChI=1S/C26H30F4N2O2/c1-18(21-9-10-22(25(27)15-21)16-31-12-5-13-33)32-34-17-19-8-11-23(20-6-3-2-4-7-20)24(14-19)26(28,29)30/h8-11,13-15,20,31H,2-7,12,16-17H2,1H3/b32-18+. The number of alkyl halides is 3. The highest BCUT2D eigenvalue weighted by molar-refractivity contribution is 5.98. The van der Waals surface area contributed by atoms with Crippen molar-refractivity contribution in [2.24, 2.45) is 5.16 Å². The number of rotatable bonds is 10. The Morgan fingerprint density at radius 2 is 1.91 bits per heavy atom. The molecule has 3 rings (SSSR count). The molecule has 1 saturated carbocycles. The van der Waals surface area contributed by atoms with Gasteiger partial charge in [-0.3, -0.25) is 0 Å². The minimum absolute atomic E-state index is 0.0568. The lowest BCUT2D eigenvalue weighted by Gasteiger charge is -2.25. The summed E-state index contributed by atoms with van der Waals surface area (Å²) >= 11 is 0. The molecule has 0 heterocycles. The first kappa shape index (κ1) is 25.9. The van der Waals surface area contributed by atoms with Crippen LogP contribution >= 0.6 is 0 Å². The zero-order valence-electron chi connectivity index (χ0n) is 19.3. The second-order valence-corrected chi connectivity index (χ2v) is 8.64. The number of carbonyl (C=O) groups is 1. The third-order valence-corrected chi connectivity index (χ3v) is 6.13. The topological polar surface area (TPSA) is 50.7 Å². The van der Waals surface area contributed by atoms with Crippen LogP contribution in [0.4, 0.5) is 17.6 Å². The molecule has 0 aromatic heterocycles. The van der Waals surface area contributed by atoms with E-state index in [1.54, 1.807) is 31.2 Å². The van der Waals surface area contributed by atoms with Crippen LogP contribution in [0.1, 0.15) is 79.2 Å². The molecule has 0 saturated heterocycles. The third kappa shape index (κ3) is 7.13. The van der Waals surface area contributed by atoms with E-state index < -0.39 is 17.6 Å². The molecule has 1 fully saturated rings. The van der Waals surface area contributed by atoms with Crippen LogP contribution in [0.25, 0.3) is 0 Å². The van der Waals surface area contributed by atoms with Crippen LogP contribution in [0.5, 0.6) is 0 Å². The van der Waals surface area contributed by atoms with Crippen molar-refractivity contribution in [2.45, 2.75) is 70.7 Å². The van der Waals surface area contributed by atoms with Gasteiger partial charge in [0.25, 0.3) is 0 Å². The summed E-state index contributed by atoms with van der Waals surface area (Å²) in [7, 11) is 0. The average Bonchev–Trinajstić information content (AvgIpc) is 2.82. The van der Waals surface area contributed by atoms with Crippen LogP contribution in [-0.4, -0.2) is 18.5 Å². The van der Waals surface area contributed by atoms with Gasteiger partial charge >= 0.3 is 6.18 Å². The Kier molecular flexibility index (Phi) is 9.21. The van der Waals surface area contributed by atoms with Gasteiger partial charge in [-0.05, 0) is 48.9 Å². The van der Waals surface area contributed by atoms with Crippen LogP contribution in [0.3, 0.4) is 0 Å². The molecule has 0 atom stereocenters. The van der Waals surface area contributed by atoms with Crippen molar-refractivity contribution in [3.05, 3.63) is 70.0 Å². The van der Waals surface area contributed by atoms with Gasteiger partial charge in [0, 0.05) is 30.6 Å². The Hall–Kier alpha value is -2.74. The van der Waals surface area contributed by atoms with Crippen LogP contribution < -0.4 is 5.32 Å². The molecule has 1 aliphatic rings. The molecule has 2 aromatic carbocycles. The van der Waals surface area contributed by atoms with Crippen molar-refractivity contribution in [3.8, 4) is 0 Å². The number of aldehydes is 1. The normalized spacial score (nSPS) is 15.4. The molecule has 0 unspecified atom stereocenters. The Morgan fingerprint density at radius 1 is 1.15 bits per heavy atom. The molecule has 4 nitrogen and oxygen atoms in total. The molecular weight excluding hydrogens is 448 g/mol. The summed E-state index contributed by atoms with van der Waals surface area (Å²) in [5.41, 5.74) is 1.53. The summed E-state index contributed by atoms with van der Waals surface area (Å²) < 4.78 is 55.5. The van der Waals surface area contributed by atoms with E-state index in [2.05, 4.69) is 10.5 Å². The number of hydrogen-bond donors (Lipinski definition) is 1. The molecule has 2 aromatic rings. The van der Waals surface area contributed by atoms with E-state index in [9.17, 15) is 22.4 Å². The Balaban J connectivity index is 1.65. The van der Waals surface area contributed by atoms with Crippen LogP contribution in [0.2, 0.25) is 0 Å². The minimum atomic E-state index is -4.43. The second-order valence-electron chi connectivity index (χ2n) is 8.64. The lowest BCUT2D eigenvalue weighted by molar-refractivity contribution is -0.138. The predicted molar refractivity (Wildman–Crippen MR) is 123 cm³/mol. The molecule has 0 spiro atoms. The van der Waals surface area contributed by atoms with Crippen molar-refractivity contribution in [1.29, 1.82) is 0 Å². The highest BCUT2D eigenvalue weighted by Gasteiger charge is 2.35. The Labute approximate surface area is 197 Å². The molecule has 34 heavy (non-hydrogen) atoms. The van der Waals surface area contributed by atoms with Crippen molar-refractivity contribution in [2.75, 3.05) is 6.54 Å². The SMILES string of the molecule is C/C(=N\OCc1ccc(C2CCCCC2)c(C(F)(F)F)c1)c1ccc(CNCCC=O)c(F)c1. The van der Waals surface area contributed by atoms with E-state index in [0.717, 1.165) is 44.5 Å². The highest BCUT2D eigenvalue weighted by atomic mass is 19.4. The summed E-state index contributed by atoms with van der Waals surface area (Å²) in [5, 5.41) is 6.94. The third-order valence-electron chi connectivity index (χ3n) is 6.13. The maximum atomic E-state index is 14.3. The minimum Gasteiger partial charge on any atom is -0.391 e. The number of hydrogen-bond acceptors (Lipinski definition) is 4. The smallest absolute Gasteiger partial charge is 0.391 e. The molecular formula is C26H30F4N2O2. The second kappa shape index (κ2) is 12.1. The molecule has 0 radical (unpaired) electrons. The summed E-state index contributed by atoms with van der Waals surface area (Å²) in [4.78, 5) is 15.6. The van der Waals surface area contributed by atoms with E-state index in [4.69, 9.17) is 4.84 Å². The van der Waals surface area contributed by atoms with E-state index in [-0.39, 0.29) is 12.5 Å². The molecule has 0 bridgehead atoms. The van der Waals surface area contributed by atoms with Crippen LogP contribution in [0.15, 0.2) is 41.6 Å². The van der Waals surface area contributed by atoms with E-state index >= 15 is 0 Å². The quantitative estimate of drug-likeness (QED) is 0.139. The fraction of sp³-hybridized carbons (Fsp3) is 0.462. The number of benzene rings is 2. The summed E-state index contributed by atoms with van der Waals surface area (Å²) in [5.74, 6) is -0.475. The number of halogens is 4.